The molecule has 0 spiro atoms. The van der Waals surface area contributed by atoms with E-state index in [2.05, 4.69) is 6.08 Å². The van der Waals surface area contributed by atoms with Crippen molar-refractivity contribution in [3.8, 4) is 0 Å². The lowest BCUT2D eigenvalue weighted by atomic mass is 9.86. The van der Waals surface area contributed by atoms with Crippen molar-refractivity contribution in [1.29, 1.82) is 0 Å². The van der Waals surface area contributed by atoms with Crippen molar-refractivity contribution in [3.63, 3.8) is 0 Å². The standard InChI is InChI=1S/C21H21NO3S2/c1-15-10-12-16(13-11-15)27(24,25)22-20(23)17-7-3-4-8-18(17)26-19-9-5-6-14-21(19,22)2/h3-8,10-13,19H,9,14H2,1-2H3/t19-,21-/m1/s1. The molecule has 27 heavy (non-hydrogen) atoms. The van der Waals surface area contributed by atoms with E-state index in [1.165, 1.54) is 0 Å². The smallest absolute Gasteiger partial charge is 0.268 e. The number of nitrogens with zero attached hydrogens (tertiary/aromatic N) is 1. The van der Waals surface area contributed by atoms with Crippen LogP contribution < -0.4 is 0 Å². The van der Waals surface area contributed by atoms with Crippen LogP contribution in [0.5, 0.6) is 0 Å². The molecular formula is C21H21NO3S2. The lowest BCUT2D eigenvalue weighted by Gasteiger charge is -2.44. The maximum Gasteiger partial charge on any atom is 0.269 e. The van der Waals surface area contributed by atoms with Crippen LogP contribution in [-0.4, -0.2) is 29.4 Å². The molecule has 0 unspecified atom stereocenters. The van der Waals surface area contributed by atoms with Gasteiger partial charge in [0.2, 0.25) is 0 Å². The van der Waals surface area contributed by atoms with E-state index in [1.807, 2.05) is 32.1 Å². The number of benzene rings is 2. The summed E-state index contributed by atoms with van der Waals surface area (Å²) in [5, 5.41) is -0.0321. The summed E-state index contributed by atoms with van der Waals surface area (Å²) in [7, 11) is -3.99. The topological polar surface area (TPSA) is 54.5 Å². The predicted molar refractivity (Wildman–Crippen MR) is 107 cm³/mol. The first kappa shape index (κ1) is 18.3. The fraction of sp³-hybridized carbons (Fsp3) is 0.286. The Balaban J connectivity index is 1.93. The van der Waals surface area contributed by atoms with E-state index in [1.54, 1.807) is 48.2 Å². The largest absolute Gasteiger partial charge is 0.269 e. The number of hydrogen-bond acceptors (Lipinski definition) is 4. The number of carbonyl (C=O) groups is 1. The Morgan fingerprint density at radius 3 is 2.52 bits per heavy atom. The minimum atomic E-state index is -3.99. The van der Waals surface area contributed by atoms with E-state index < -0.39 is 21.5 Å². The molecule has 2 aliphatic rings. The molecule has 6 heteroatoms. The molecule has 0 N–H and O–H groups in total. The van der Waals surface area contributed by atoms with Crippen LogP contribution in [-0.2, 0) is 10.0 Å². The Morgan fingerprint density at radius 2 is 1.78 bits per heavy atom. The van der Waals surface area contributed by atoms with Gasteiger partial charge in [0.05, 0.1) is 16.0 Å². The molecule has 1 amide bonds. The van der Waals surface area contributed by atoms with Crippen molar-refractivity contribution >= 4 is 27.7 Å². The third-order valence-corrected chi connectivity index (χ3v) is 8.86. The molecule has 0 saturated carbocycles. The van der Waals surface area contributed by atoms with Crippen LogP contribution in [0.3, 0.4) is 0 Å². The monoisotopic (exact) mass is 399 g/mol. The number of hydrogen-bond donors (Lipinski definition) is 0. The molecule has 0 fully saturated rings. The molecule has 2 aromatic carbocycles. The van der Waals surface area contributed by atoms with Crippen molar-refractivity contribution in [2.75, 3.05) is 0 Å². The molecular weight excluding hydrogens is 378 g/mol. The highest BCUT2D eigenvalue weighted by Crippen LogP contribution is 2.47. The van der Waals surface area contributed by atoms with Gasteiger partial charge in [-0.1, -0.05) is 42.0 Å². The summed E-state index contributed by atoms with van der Waals surface area (Å²) < 4.78 is 28.4. The van der Waals surface area contributed by atoms with Gasteiger partial charge in [-0.3, -0.25) is 4.79 Å². The fourth-order valence-corrected chi connectivity index (χ4v) is 6.99. The quantitative estimate of drug-likeness (QED) is 0.702. The van der Waals surface area contributed by atoms with Crippen molar-refractivity contribution < 1.29 is 13.2 Å². The van der Waals surface area contributed by atoms with Gasteiger partial charge in [0.15, 0.2) is 0 Å². The first-order valence-corrected chi connectivity index (χ1v) is 11.2. The van der Waals surface area contributed by atoms with Crippen molar-refractivity contribution in [3.05, 3.63) is 71.8 Å². The molecule has 0 bridgehead atoms. The highest BCUT2D eigenvalue weighted by molar-refractivity contribution is 8.00. The summed E-state index contributed by atoms with van der Waals surface area (Å²) in [4.78, 5) is 14.5. The second kappa shape index (κ2) is 6.53. The van der Waals surface area contributed by atoms with Gasteiger partial charge in [0.25, 0.3) is 15.9 Å². The zero-order chi connectivity index (χ0) is 19.2. The van der Waals surface area contributed by atoms with E-state index in [9.17, 15) is 13.2 Å². The molecule has 1 heterocycles. The minimum Gasteiger partial charge on any atom is -0.268 e. The Hall–Kier alpha value is -2.05. The first-order valence-electron chi connectivity index (χ1n) is 8.91. The van der Waals surface area contributed by atoms with Gasteiger partial charge in [-0.25, -0.2) is 12.7 Å². The molecule has 140 valence electrons. The highest BCUT2D eigenvalue weighted by Gasteiger charge is 2.51. The Labute approximate surface area is 164 Å². The highest BCUT2D eigenvalue weighted by atomic mass is 32.2. The van der Waals surface area contributed by atoms with E-state index in [0.717, 1.165) is 21.2 Å². The number of amides is 1. The Morgan fingerprint density at radius 1 is 1.07 bits per heavy atom. The summed E-state index contributed by atoms with van der Waals surface area (Å²) in [6, 6.07) is 14.0. The van der Waals surface area contributed by atoms with Crippen molar-refractivity contribution in [1.82, 2.24) is 4.31 Å². The molecule has 4 nitrogen and oxygen atoms in total. The van der Waals surface area contributed by atoms with Crippen LogP contribution in [0.4, 0.5) is 0 Å². The van der Waals surface area contributed by atoms with E-state index in [-0.39, 0.29) is 10.1 Å². The summed E-state index contributed by atoms with van der Waals surface area (Å²) in [6.45, 7) is 3.80. The summed E-state index contributed by atoms with van der Waals surface area (Å²) in [5.41, 5.74) is 0.606. The number of aryl methyl sites for hydroxylation is 1. The van der Waals surface area contributed by atoms with Gasteiger partial charge in [-0.2, -0.15) is 0 Å². The molecule has 0 saturated heterocycles. The van der Waals surface area contributed by atoms with E-state index in [4.69, 9.17) is 0 Å². The lowest BCUT2D eigenvalue weighted by Crippen LogP contribution is -2.57. The SMILES string of the molecule is Cc1ccc(S(=O)(=O)N2C(=O)c3ccccc3S[C@@H]3CC=CC[C@]32C)cc1. The number of carbonyl (C=O) groups excluding carboxylic acids is 1. The summed E-state index contributed by atoms with van der Waals surface area (Å²) in [6.07, 6.45) is 5.30. The summed E-state index contributed by atoms with van der Waals surface area (Å²) in [5.74, 6) is -0.445. The van der Waals surface area contributed by atoms with Crippen LogP contribution in [0.2, 0.25) is 0 Å². The van der Waals surface area contributed by atoms with Gasteiger partial charge in [0.1, 0.15) is 0 Å². The maximum absolute atomic E-state index is 13.6. The molecule has 1 aliphatic carbocycles. The van der Waals surface area contributed by atoms with E-state index >= 15 is 0 Å². The number of rotatable bonds is 2. The molecule has 0 radical (unpaired) electrons. The number of fused-ring (bicyclic) bond motifs is 2. The van der Waals surface area contributed by atoms with Gasteiger partial charge in [-0.15, -0.1) is 11.8 Å². The van der Waals surface area contributed by atoms with Gasteiger partial charge < -0.3 is 0 Å². The Bertz CT molecular complexity index is 1030. The zero-order valence-electron chi connectivity index (χ0n) is 15.3. The van der Waals surface area contributed by atoms with Crippen LogP contribution in [0, 0.1) is 6.92 Å². The lowest BCUT2D eigenvalue weighted by molar-refractivity contribution is 0.0732. The van der Waals surface area contributed by atoms with Gasteiger partial charge in [0, 0.05) is 10.1 Å². The second-order valence-electron chi connectivity index (χ2n) is 7.26. The molecule has 1 aliphatic heterocycles. The minimum absolute atomic E-state index is 0.0321. The average molecular weight is 400 g/mol. The zero-order valence-corrected chi connectivity index (χ0v) is 16.9. The fourth-order valence-electron chi connectivity index (χ4n) is 3.76. The normalized spacial score (nSPS) is 24.9. The first-order chi connectivity index (χ1) is 12.8. The van der Waals surface area contributed by atoms with E-state index in [0.29, 0.717) is 12.0 Å². The number of sulfonamides is 1. The molecule has 4 rings (SSSR count). The predicted octanol–water partition coefficient (Wildman–Crippen LogP) is 4.41. The number of allylic oxidation sites excluding steroid dienone is 1. The Kier molecular flexibility index (Phi) is 4.43. The van der Waals surface area contributed by atoms with Crippen LogP contribution in [0.25, 0.3) is 0 Å². The van der Waals surface area contributed by atoms with Crippen molar-refractivity contribution in [2.45, 2.75) is 47.3 Å². The van der Waals surface area contributed by atoms with Gasteiger partial charge in [-0.05, 0) is 51.0 Å². The van der Waals surface area contributed by atoms with Crippen LogP contribution >= 0.6 is 11.8 Å². The van der Waals surface area contributed by atoms with Crippen LogP contribution in [0.15, 0.2) is 70.5 Å². The summed E-state index contributed by atoms with van der Waals surface area (Å²) >= 11 is 1.60. The van der Waals surface area contributed by atoms with Crippen LogP contribution in [0.1, 0.15) is 35.7 Å². The maximum atomic E-state index is 13.6. The average Bonchev–Trinajstić information content (AvgIpc) is 2.74. The molecule has 2 aromatic rings. The second-order valence-corrected chi connectivity index (χ2v) is 10.3. The van der Waals surface area contributed by atoms with Gasteiger partial charge >= 0.3 is 0 Å². The third-order valence-electron chi connectivity index (χ3n) is 5.34. The third kappa shape index (κ3) is 2.91. The van der Waals surface area contributed by atoms with Crippen molar-refractivity contribution in [2.24, 2.45) is 0 Å². The molecule has 0 aromatic heterocycles. The number of thioether (sulfide) groups is 1. The molecule has 2 atom stereocenters.